The second kappa shape index (κ2) is 6.00. The molecule has 1 amide bonds. The van der Waals surface area contributed by atoms with Crippen molar-refractivity contribution in [3.05, 3.63) is 63.1 Å². The Morgan fingerprint density at radius 2 is 2.14 bits per heavy atom. The van der Waals surface area contributed by atoms with Crippen molar-refractivity contribution in [1.29, 1.82) is 0 Å². The molecule has 2 aromatic rings. The van der Waals surface area contributed by atoms with Crippen LogP contribution in [0.4, 0.5) is 5.69 Å². The summed E-state index contributed by atoms with van der Waals surface area (Å²) in [7, 11) is 0. The van der Waals surface area contributed by atoms with Crippen LogP contribution < -0.4 is 10.6 Å². The van der Waals surface area contributed by atoms with E-state index in [1.165, 1.54) is 11.1 Å². The minimum Gasteiger partial charge on any atom is -0.322 e. The number of carbonyl (C=O) groups excluding carboxylic acids is 1. The van der Waals surface area contributed by atoms with E-state index in [0.717, 1.165) is 35.2 Å². The van der Waals surface area contributed by atoms with Gasteiger partial charge in [-0.3, -0.25) is 4.79 Å². The maximum Gasteiger partial charge on any atom is 0.255 e. The smallest absolute Gasteiger partial charge is 0.255 e. The van der Waals surface area contributed by atoms with Crippen LogP contribution in [-0.4, -0.2) is 12.5 Å². The lowest BCUT2D eigenvalue weighted by Crippen LogP contribution is -2.25. The molecule has 1 aliphatic heterocycles. The molecule has 0 aliphatic carbocycles. The Morgan fingerprint density at radius 3 is 2.95 bits per heavy atom. The maximum absolute atomic E-state index is 12.5. The van der Waals surface area contributed by atoms with Crippen molar-refractivity contribution < 1.29 is 4.79 Å². The average Bonchev–Trinajstić information content (AvgIpc) is 2.46. The van der Waals surface area contributed by atoms with Crippen molar-refractivity contribution in [2.24, 2.45) is 0 Å². The monoisotopic (exact) mass is 344 g/mol. The number of halogens is 1. The molecule has 2 aromatic carbocycles. The number of nitrogens with one attached hydrogen (secondary N) is 2. The van der Waals surface area contributed by atoms with Gasteiger partial charge >= 0.3 is 0 Å². The molecule has 3 nitrogen and oxygen atoms in total. The number of hydrogen-bond donors (Lipinski definition) is 2. The van der Waals surface area contributed by atoms with Crippen LogP contribution in [-0.2, 0) is 13.0 Å². The number of fused-ring (bicyclic) bond motifs is 1. The van der Waals surface area contributed by atoms with Crippen molar-refractivity contribution in [3.63, 3.8) is 0 Å². The van der Waals surface area contributed by atoms with Gasteiger partial charge in [-0.15, -0.1) is 0 Å². The third-order valence-corrected chi connectivity index (χ3v) is 4.16. The zero-order chi connectivity index (χ0) is 14.8. The molecule has 0 radical (unpaired) electrons. The van der Waals surface area contributed by atoms with Crippen LogP contribution in [0.15, 0.2) is 40.9 Å². The molecule has 0 fully saturated rings. The fourth-order valence-corrected chi connectivity index (χ4v) is 3.30. The Hall–Kier alpha value is -1.65. The number of aryl methyl sites for hydroxylation is 1. The van der Waals surface area contributed by atoms with Crippen molar-refractivity contribution in [2.45, 2.75) is 19.9 Å². The fourth-order valence-electron chi connectivity index (χ4n) is 2.69. The first kappa shape index (κ1) is 14.3. The number of rotatable bonds is 2. The van der Waals surface area contributed by atoms with E-state index in [2.05, 4.69) is 32.6 Å². The second-order valence-electron chi connectivity index (χ2n) is 5.34. The highest BCUT2D eigenvalue weighted by Gasteiger charge is 2.15. The van der Waals surface area contributed by atoms with Gasteiger partial charge in [0.25, 0.3) is 5.91 Å². The van der Waals surface area contributed by atoms with Gasteiger partial charge in [0.2, 0.25) is 0 Å². The second-order valence-corrected chi connectivity index (χ2v) is 6.26. The highest BCUT2D eigenvalue weighted by molar-refractivity contribution is 9.10. The number of carbonyl (C=O) groups is 1. The van der Waals surface area contributed by atoms with E-state index in [4.69, 9.17) is 0 Å². The summed E-state index contributed by atoms with van der Waals surface area (Å²) in [5.41, 5.74) is 5.15. The molecule has 0 spiro atoms. The molecule has 0 aromatic heterocycles. The lowest BCUT2D eigenvalue weighted by atomic mass is 9.99. The topological polar surface area (TPSA) is 41.1 Å². The summed E-state index contributed by atoms with van der Waals surface area (Å²) in [6.45, 7) is 3.79. The van der Waals surface area contributed by atoms with E-state index in [1.807, 2.05) is 37.3 Å². The molecular weight excluding hydrogens is 328 g/mol. The minimum atomic E-state index is -0.0710. The lowest BCUT2D eigenvalue weighted by molar-refractivity contribution is 0.102. The molecule has 0 saturated carbocycles. The molecule has 108 valence electrons. The zero-order valence-electron chi connectivity index (χ0n) is 11.9. The Bertz CT molecular complexity index is 677. The summed E-state index contributed by atoms with van der Waals surface area (Å²) in [5, 5.41) is 6.39. The SMILES string of the molecule is Cc1cc(Br)cc(C(=O)Nc2cccc3c2CNCC3)c1. The molecule has 2 N–H and O–H groups in total. The Labute approximate surface area is 132 Å². The van der Waals surface area contributed by atoms with Crippen LogP contribution in [0.2, 0.25) is 0 Å². The van der Waals surface area contributed by atoms with Gasteiger partial charge in [-0.05, 0) is 60.8 Å². The van der Waals surface area contributed by atoms with Crippen LogP contribution in [0.5, 0.6) is 0 Å². The molecule has 1 heterocycles. The van der Waals surface area contributed by atoms with Gasteiger partial charge < -0.3 is 10.6 Å². The Balaban J connectivity index is 1.88. The van der Waals surface area contributed by atoms with Crippen LogP contribution in [0.1, 0.15) is 27.0 Å². The summed E-state index contributed by atoms with van der Waals surface area (Å²) >= 11 is 3.44. The van der Waals surface area contributed by atoms with Crippen molar-refractivity contribution in [2.75, 3.05) is 11.9 Å². The summed E-state index contributed by atoms with van der Waals surface area (Å²) in [6, 6.07) is 11.8. The largest absolute Gasteiger partial charge is 0.322 e. The van der Waals surface area contributed by atoms with Gasteiger partial charge in [0.1, 0.15) is 0 Å². The van der Waals surface area contributed by atoms with Gasteiger partial charge in [-0.25, -0.2) is 0 Å². The third-order valence-electron chi connectivity index (χ3n) is 3.70. The lowest BCUT2D eigenvalue weighted by Gasteiger charge is -2.20. The van der Waals surface area contributed by atoms with Crippen molar-refractivity contribution in [1.82, 2.24) is 5.32 Å². The molecular formula is C17H17BrN2O. The first-order valence-corrected chi connectivity index (χ1v) is 7.83. The number of anilines is 1. The summed E-state index contributed by atoms with van der Waals surface area (Å²) in [6.07, 6.45) is 1.01. The molecule has 1 aliphatic rings. The van der Waals surface area contributed by atoms with Crippen molar-refractivity contribution in [3.8, 4) is 0 Å². The third kappa shape index (κ3) is 3.17. The molecule has 0 bridgehead atoms. The molecule has 0 unspecified atom stereocenters. The molecule has 3 rings (SSSR count). The molecule has 0 atom stereocenters. The van der Waals surface area contributed by atoms with E-state index in [1.54, 1.807) is 0 Å². The van der Waals surface area contributed by atoms with Gasteiger partial charge in [0, 0.05) is 22.3 Å². The van der Waals surface area contributed by atoms with E-state index in [-0.39, 0.29) is 5.91 Å². The van der Waals surface area contributed by atoms with E-state index < -0.39 is 0 Å². The highest BCUT2D eigenvalue weighted by atomic mass is 79.9. The van der Waals surface area contributed by atoms with Crippen LogP contribution in [0.3, 0.4) is 0 Å². The fraction of sp³-hybridized carbons (Fsp3) is 0.235. The van der Waals surface area contributed by atoms with Gasteiger partial charge in [0.15, 0.2) is 0 Å². The molecule has 21 heavy (non-hydrogen) atoms. The predicted molar refractivity (Wildman–Crippen MR) is 88.7 cm³/mol. The quantitative estimate of drug-likeness (QED) is 0.872. The average molecular weight is 345 g/mol. The molecule has 4 heteroatoms. The van der Waals surface area contributed by atoms with Gasteiger partial charge in [-0.2, -0.15) is 0 Å². The standard InChI is InChI=1S/C17H17BrN2O/c1-11-7-13(9-14(18)8-11)17(21)20-16-4-2-3-12-5-6-19-10-15(12)16/h2-4,7-9,19H,5-6,10H2,1H3,(H,20,21). The summed E-state index contributed by atoms with van der Waals surface area (Å²) in [4.78, 5) is 12.5. The van der Waals surface area contributed by atoms with Crippen LogP contribution in [0, 0.1) is 6.92 Å². The van der Waals surface area contributed by atoms with E-state index >= 15 is 0 Å². The van der Waals surface area contributed by atoms with E-state index in [9.17, 15) is 4.79 Å². The first-order chi connectivity index (χ1) is 10.1. The Kier molecular flexibility index (Phi) is 4.08. The number of amides is 1. The number of hydrogen-bond acceptors (Lipinski definition) is 2. The zero-order valence-corrected chi connectivity index (χ0v) is 13.5. The van der Waals surface area contributed by atoms with Crippen LogP contribution >= 0.6 is 15.9 Å². The number of benzene rings is 2. The first-order valence-electron chi connectivity index (χ1n) is 7.03. The predicted octanol–water partition coefficient (Wildman–Crippen LogP) is 3.66. The van der Waals surface area contributed by atoms with Gasteiger partial charge in [-0.1, -0.05) is 28.1 Å². The normalized spacial score (nSPS) is 13.6. The summed E-state index contributed by atoms with van der Waals surface area (Å²) in [5.74, 6) is -0.0710. The highest BCUT2D eigenvalue weighted by Crippen LogP contribution is 2.24. The minimum absolute atomic E-state index is 0.0710. The Morgan fingerprint density at radius 1 is 1.29 bits per heavy atom. The molecule has 0 saturated heterocycles. The van der Waals surface area contributed by atoms with E-state index in [0.29, 0.717) is 5.56 Å². The maximum atomic E-state index is 12.5. The van der Waals surface area contributed by atoms with Crippen molar-refractivity contribution >= 4 is 27.5 Å². The van der Waals surface area contributed by atoms with Gasteiger partial charge in [0.05, 0.1) is 0 Å². The summed E-state index contributed by atoms with van der Waals surface area (Å²) < 4.78 is 0.921. The van der Waals surface area contributed by atoms with Crippen LogP contribution in [0.25, 0.3) is 0 Å².